The fraction of sp³-hybridized carbons (Fsp3) is 0. The number of rotatable bonds is 8. The van der Waals surface area contributed by atoms with Gasteiger partial charge in [0.25, 0.3) is 0 Å². The molecule has 336 valence electrons. The zero-order valence-electron chi connectivity index (χ0n) is 39.5. The molecule has 0 saturated heterocycles. The van der Waals surface area contributed by atoms with Crippen molar-refractivity contribution in [3.8, 4) is 50.2 Å². The van der Waals surface area contributed by atoms with Crippen LogP contribution >= 0.6 is 0 Å². The SMILES string of the molecule is c1ccc(-c2ccc(-c3cccc4c3ccc3ccccc34)cc2N(c2ccc(-c3cccc(-n4c5ccccc5c5ccccc54)c3)cc2)c2ccc(-c3ccc4c(ccc5ccccc54)c3)cc2)cc1. The van der Waals surface area contributed by atoms with Gasteiger partial charge in [-0.2, -0.15) is 0 Å². The first-order valence-electron chi connectivity index (χ1n) is 24.8. The molecule has 0 radical (unpaired) electrons. The van der Waals surface area contributed by atoms with Gasteiger partial charge in [-0.3, -0.25) is 0 Å². The van der Waals surface area contributed by atoms with Crippen molar-refractivity contribution in [2.75, 3.05) is 4.90 Å². The molecule has 0 saturated carbocycles. The molecule has 1 heterocycles. The summed E-state index contributed by atoms with van der Waals surface area (Å²) in [4.78, 5) is 2.45. The fourth-order valence-electron chi connectivity index (χ4n) is 11.3. The highest BCUT2D eigenvalue weighted by Crippen LogP contribution is 2.45. The summed E-state index contributed by atoms with van der Waals surface area (Å²) in [5, 5.41) is 12.6. The highest BCUT2D eigenvalue weighted by molar-refractivity contribution is 6.13. The monoisotopic (exact) mass is 914 g/mol. The summed E-state index contributed by atoms with van der Waals surface area (Å²) in [6.07, 6.45) is 0. The summed E-state index contributed by atoms with van der Waals surface area (Å²) < 4.78 is 2.39. The van der Waals surface area contributed by atoms with Gasteiger partial charge in [-0.05, 0) is 143 Å². The largest absolute Gasteiger partial charge is 0.310 e. The first kappa shape index (κ1) is 41.5. The third-order valence-corrected chi connectivity index (χ3v) is 14.8. The molecule has 0 bridgehead atoms. The average Bonchev–Trinajstić information content (AvgIpc) is 3.80. The second-order valence-electron chi connectivity index (χ2n) is 18.9. The zero-order chi connectivity index (χ0) is 47.5. The molecular weight excluding hydrogens is 869 g/mol. The smallest absolute Gasteiger partial charge is 0.0546 e. The van der Waals surface area contributed by atoms with E-state index in [1.54, 1.807) is 0 Å². The number of hydrogen-bond donors (Lipinski definition) is 0. The Morgan fingerprint density at radius 1 is 0.236 bits per heavy atom. The van der Waals surface area contributed by atoms with Gasteiger partial charge in [0.05, 0.1) is 16.7 Å². The maximum atomic E-state index is 2.45. The molecule has 14 aromatic rings. The second kappa shape index (κ2) is 17.2. The molecule has 0 amide bonds. The van der Waals surface area contributed by atoms with Gasteiger partial charge in [0, 0.05) is 33.4 Å². The first-order valence-corrected chi connectivity index (χ1v) is 24.8. The summed E-state index contributed by atoms with van der Waals surface area (Å²) in [5.41, 5.74) is 16.2. The number of fused-ring (bicyclic) bond motifs is 9. The Morgan fingerprint density at radius 2 is 0.722 bits per heavy atom. The Bertz CT molecular complexity index is 4320. The van der Waals surface area contributed by atoms with Gasteiger partial charge in [0.2, 0.25) is 0 Å². The van der Waals surface area contributed by atoms with E-state index in [1.165, 1.54) is 81.6 Å². The fourth-order valence-corrected chi connectivity index (χ4v) is 11.3. The van der Waals surface area contributed by atoms with Gasteiger partial charge >= 0.3 is 0 Å². The van der Waals surface area contributed by atoms with Crippen molar-refractivity contribution < 1.29 is 0 Å². The van der Waals surface area contributed by atoms with Crippen molar-refractivity contribution in [1.82, 2.24) is 4.57 Å². The van der Waals surface area contributed by atoms with Gasteiger partial charge in [-0.25, -0.2) is 0 Å². The van der Waals surface area contributed by atoms with Crippen LogP contribution < -0.4 is 4.90 Å². The highest BCUT2D eigenvalue weighted by Gasteiger charge is 2.21. The Balaban J connectivity index is 0.920. The Hall–Kier alpha value is -9.50. The Kier molecular flexibility index (Phi) is 9.89. The summed E-state index contributed by atoms with van der Waals surface area (Å²) in [7, 11) is 0. The molecule has 2 heteroatoms. The van der Waals surface area contributed by atoms with Crippen LogP contribution in [0, 0.1) is 0 Å². The van der Waals surface area contributed by atoms with Gasteiger partial charge in [0.1, 0.15) is 0 Å². The lowest BCUT2D eigenvalue weighted by atomic mass is 9.92. The molecule has 1 aromatic heterocycles. The summed E-state index contributed by atoms with van der Waals surface area (Å²) in [6, 6.07) is 102. The molecule has 0 spiro atoms. The van der Waals surface area contributed by atoms with Gasteiger partial charge in [-0.15, -0.1) is 0 Å². The van der Waals surface area contributed by atoms with Gasteiger partial charge in [-0.1, -0.05) is 218 Å². The van der Waals surface area contributed by atoms with Crippen LogP contribution in [0.4, 0.5) is 17.1 Å². The molecule has 0 fully saturated rings. The van der Waals surface area contributed by atoms with Crippen LogP contribution in [0.1, 0.15) is 0 Å². The number of para-hydroxylation sites is 2. The first-order chi connectivity index (χ1) is 35.7. The molecule has 0 N–H and O–H groups in total. The quantitative estimate of drug-likeness (QED) is 0.138. The summed E-state index contributed by atoms with van der Waals surface area (Å²) in [6.45, 7) is 0. The van der Waals surface area contributed by atoms with Crippen LogP contribution in [0.25, 0.3) is 115 Å². The predicted molar refractivity (Wildman–Crippen MR) is 307 cm³/mol. The molecule has 0 aliphatic heterocycles. The maximum Gasteiger partial charge on any atom is 0.0546 e. The van der Waals surface area contributed by atoms with Crippen molar-refractivity contribution in [3.05, 3.63) is 279 Å². The Labute approximate surface area is 418 Å². The molecule has 14 rings (SSSR count). The van der Waals surface area contributed by atoms with E-state index in [1.807, 2.05) is 0 Å². The molecular formula is C70H46N2. The van der Waals surface area contributed by atoms with E-state index >= 15 is 0 Å². The lowest BCUT2D eigenvalue weighted by molar-refractivity contribution is 1.18. The van der Waals surface area contributed by atoms with Gasteiger partial charge < -0.3 is 9.47 Å². The summed E-state index contributed by atoms with van der Waals surface area (Å²) in [5.74, 6) is 0. The lowest BCUT2D eigenvalue weighted by Crippen LogP contribution is -2.11. The van der Waals surface area contributed by atoms with Crippen molar-refractivity contribution in [2.24, 2.45) is 0 Å². The van der Waals surface area contributed by atoms with Crippen LogP contribution in [-0.4, -0.2) is 4.57 Å². The maximum absolute atomic E-state index is 2.45. The minimum atomic E-state index is 1.07. The zero-order valence-corrected chi connectivity index (χ0v) is 39.5. The van der Waals surface area contributed by atoms with E-state index in [9.17, 15) is 0 Å². The van der Waals surface area contributed by atoms with E-state index in [2.05, 4.69) is 289 Å². The van der Waals surface area contributed by atoms with Crippen molar-refractivity contribution >= 4 is 82.0 Å². The number of benzene rings is 13. The van der Waals surface area contributed by atoms with E-state index in [0.717, 1.165) is 50.6 Å². The van der Waals surface area contributed by atoms with Crippen LogP contribution in [-0.2, 0) is 0 Å². The number of anilines is 3. The highest BCUT2D eigenvalue weighted by atomic mass is 15.1. The van der Waals surface area contributed by atoms with E-state index in [4.69, 9.17) is 0 Å². The number of aromatic nitrogens is 1. The van der Waals surface area contributed by atoms with Crippen LogP contribution in [0.2, 0.25) is 0 Å². The lowest BCUT2D eigenvalue weighted by Gasteiger charge is -2.29. The molecule has 0 aliphatic rings. The number of nitrogens with zero attached hydrogens (tertiary/aromatic N) is 2. The van der Waals surface area contributed by atoms with Crippen molar-refractivity contribution in [1.29, 1.82) is 0 Å². The van der Waals surface area contributed by atoms with Crippen LogP contribution in [0.3, 0.4) is 0 Å². The normalized spacial score (nSPS) is 11.6. The molecule has 13 aromatic carbocycles. The van der Waals surface area contributed by atoms with E-state index < -0.39 is 0 Å². The second-order valence-corrected chi connectivity index (χ2v) is 18.9. The van der Waals surface area contributed by atoms with E-state index in [-0.39, 0.29) is 0 Å². The topological polar surface area (TPSA) is 8.17 Å². The minimum Gasteiger partial charge on any atom is -0.310 e. The molecule has 72 heavy (non-hydrogen) atoms. The third kappa shape index (κ3) is 7.03. The third-order valence-electron chi connectivity index (χ3n) is 14.8. The van der Waals surface area contributed by atoms with Gasteiger partial charge in [0.15, 0.2) is 0 Å². The van der Waals surface area contributed by atoms with Crippen molar-refractivity contribution in [3.63, 3.8) is 0 Å². The van der Waals surface area contributed by atoms with Crippen LogP contribution in [0.5, 0.6) is 0 Å². The Morgan fingerprint density at radius 3 is 1.42 bits per heavy atom. The van der Waals surface area contributed by atoms with Crippen LogP contribution in [0.15, 0.2) is 279 Å². The van der Waals surface area contributed by atoms with E-state index in [0.29, 0.717) is 0 Å². The standard InChI is InChI=1S/C70H46N2/c1-2-14-49(15-3-1)63-42-36-55(61-24-13-25-64-60-21-7-5-17-51(60)34-43-65(61)64)46-70(63)71(57-39-32-48(33-40-57)53-35-41-62-54(44-53)29-28-50-16-4-6-20-59(50)62)56-37-30-47(31-38-56)52-18-12-19-58(45-52)72-68-26-10-8-22-66(68)67-23-9-11-27-69(67)72/h1-46H. The minimum absolute atomic E-state index is 1.07. The molecule has 0 atom stereocenters. The number of hydrogen-bond acceptors (Lipinski definition) is 1. The predicted octanol–water partition coefficient (Wildman–Crippen LogP) is 19.5. The molecule has 0 aliphatic carbocycles. The molecule has 0 unspecified atom stereocenters. The average molecular weight is 915 g/mol. The summed E-state index contributed by atoms with van der Waals surface area (Å²) >= 11 is 0. The van der Waals surface area contributed by atoms with Crippen molar-refractivity contribution in [2.45, 2.75) is 0 Å². The molecule has 2 nitrogen and oxygen atoms in total.